The molecule has 4 rings (SSSR count). The minimum atomic E-state index is -0.668. The van der Waals surface area contributed by atoms with Crippen LogP contribution in [0.5, 0.6) is 11.5 Å². The van der Waals surface area contributed by atoms with Gasteiger partial charge < -0.3 is 14.8 Å². The van der Waals surface area contributed by atoms with Crippen LogP contribution in [0.1, 0.15) is 31.0 Å². The normalized spacial score (nSPS) is 18.9. The van der Waals surface area contributed by atoms with E-state index in [-0.39, 0.29) is 12.6 Å². The molecule has 2 aliphatic heterocycles. The van der Waals surface area contributed by atoms with Gasteiger partial charge in [0.15, 0.2) is 11.5 Å². The van der Waals surface area contributed by atoms with Crippen molar-refractivity contribution >= 4 is 23.5 Å². The molecule has 0 aromatic heterocycles. The van der Waals surface area contributed by atoms with Crippen molar-refractivity contribution < 1.29 is 23.9 Å². The molecule has 4 amide bonds. The Morgan fingerprint density at radius 2 is 1.77 bits per heavy atom. The fraction of sp³-hybridized carbons (Fsp3) is 0.348. The summed E-state index contributed by atoms with van der Waals surface area (Å²) in [5.41, 5.74) is 2.52. The summed E-state index contributed by atoms with van der Waals surface area (Å²) in [5.74, 6) is 0.499. The van der Waals surface area contributed by atoms with E-state index in [2.05, 4.69) is 5.32 Å². The van der Waals surface area contributed by atoms with Gasteiger partial charge in [0.1, 0.15) is 25.8 Å². The molecule has 2 aliphatic rings. The molecule has 31 heavy (non-hydrogen) atoms. The quantitative estimate of drug-likeness (QED) is 0.747. The number of benzene rings is 2. The average molecular weight is 423 g/mol. The van der Waals surface area contributed by atoms with E-state index in [0.717, 1.165) is 16.0 Å². The van der Waals surface area contributed by atoms with Gasteiger partial charge >= 0.3 is 6.03 Å². The van der Waals surface area contributed by atoms with Gasteiger partial charge in [0, 0.05) is 5.69 Å². The smallest absolute Gasteiger partial charge is 0.332 e. The van der Waals surface area contributed by atoms with Crippen LogP contribution in [-0.4, -0.2) is 48.5 Å². The summed E-state index contributed by atoms with van der Waals surface area (Å²) in [7, 11) is 0. The van der Waals surface area contributed by atoms with Crippen LogP contribution < -0.4 is 19.7 Å². The van der Waals surface area contributed by atoms with Crippen LogP contribution in [0.25, 0.3) is 0 Å². The zero-order valence-corrected chi connectivity index (χ0v) is 17.8. The van der Waals surface area contributed by atoms with E-state index in [1.54, 1.807) is 25.1 Å². The zero-order chi connectivity index (χ0) is 22.1. The lowest BCUT2D eigenvalue weighted by Crippen LogP contribution is -2.42. The van der Waals surface area contributed by atoms with E-state index < -0.39 is 23.9 Å². The number of aryl methyl sites for hydroxylation is 1. The van der Waals surface area contributed by atoms with Gasteiger partial charge in [-0.1, -0.05) is 23.8 Å². The average Bonchev–Trinajstić information content (AvgIpc) is 2.97. The van der Waals surface area contributed by atoms with Crippen LogP contribution in [0.2, 0.25) is 0 Å². The monoisotopic (exact) mass is 423 g/mol. The number of urea groups is 1. The van der Waals surface area contributed by atoms with Crippen molar-refractivity contribution in [2.75, 3.05) is 24.7 Å². The molecule has 2 aromatic rings. The number of amides is 4. The summed E-state index contributed by atoms with van der Waals surface area (Å²) in [6.45, 7) is 6.09. The number of hydrogen-bond donors (Lipinski definition) is 1. The highest BCUT2D eigenvalue weighted by molar-refractivity contribution is 6.15. The minimum Gasteiger partial charge on any atom is -0.486 e. The molecular weight excluding hydrogens is 398 g/mol. The predicted octanol–water partition coefficient (Wildman–Crippen LogP) is 2.80. The largest absolute Gasteiger partial charge is 0.486 e. The van der Waals surface area contributed by atoms with E-state index in [9.17, 15) is 14.4 Å². The molecular formula is C23H25N3O5. The Bertz CT molecular complexity index is 1020. The van der Waals surface area contributed by atoms with Crippen molar-refractivity contribution in [2.24, 2.45) is 0 Å². The first-order valence-electron chi connectivity index (χ1n) is 10.3. The molecule has 8 heteroatoms. The standard InChI is InChI=1S/C23H25N3O5/c1-14-4-7-18(8-5-14)26-16(3)22(28)25(23(26)29)13-21(27)24-15(2)17-6-9-19-20(12-17)31-11-10-30-19/h4-9,12,15-16H,10-11,13H2,1-3H3,(H,24,27)/t15-,16-/m1/s1. The van der Waals surface area contributed by atoms with Gasteiger partial charge in [-0.2, -0.15) is 0 Å². The second-order valence-electron chi connectivity index (χ2n) is 7.78. The SMILES string of the molecule is Cc1ccc(N2C(=O)N(CC(=O)N[C@H](C)c3ccc4c(c3)OCCO4)C(=O)[C@H]2C)cc1. The van der Waals surface area contributed by atoms with E-state index in [0.29, 0.717) is 30.4 Å². The lowest BCUT2D eigenvalue weighted by molar-refractivity contribution is -0.132. The molecule has 0 bridgehead atoms. The third-order valence-corrected chi connectivity index (χ3v) is 5.51. The number of hydrogen-bond acceptors (Lipinski definition) is 5. The number of rotatable bonds is 5. The van der Waals surface area contributed by atoms with Crippen molar-refractivity contribution in [3.8, 4) is 11.5 Å². The molecule has 2 heterocycles. The van der Waals surface area contributed by atoms with Crippen molar-refractivity contribution in [2.45, 2.75) is 32.9 Å². The highest BCUT2D eigenvalue weighted by Gasteiger charge is 2.44. The molecule has 0 saturated carbocycles. The summed E-state index contributed by atoms with van der Waals surface area (Å²) >= 11 is 0. The predicted molar refractivity (Wildman–Crippen MR) is 114 cm³/mol. The topological polar surface area (TPSA) is 88.2 Å². The zero-order valence-electron chi connectivity index (χ0n) is 17.8. The highest BCUT2D eigenvalue weighted by Crippen LogP contribution is 2.32. The van der Waals surface area contributed by atoms with Crippen LogP contribution in [0.4, 0.5) is 10.5 Å². The highest BCUT2D eigenvalue weighted by atomic mass is 16.6. The van der Waals surface area contributed by atoms with E-state index in [1.807, 2.05) is 38.1 Å². The van der Waals surface area contributed by atoms with Gasteiger partial charge in [0.25, 0.3) is 5.91 Å². The molecule has 0 unspecified atom stereocenters. The number of nitrogens with one attached hydrogen (secondary N) is 1. The number of imide groups is 1. The summed E-state index contributed by atoms with van der Waals surface area (Å²) in [4.78, 5) is 40.6. The van der Waals surface area contributed by atoms with Crippen LogP contribution in [0.3, 0.4) is 0 Å². The van der Waals surface area contributed by atoms with Gasteiger partial charge in [-0.05, 0) is 50.6 Å². The maximum Gasteiger partial charge on any atom is 0.332 e. The first-order valence-corrected chi connectivity index (χ1v) is 10.3. The lowest BCUT2D eigenvalue weighted by Gasteiger charge is -2.22. The first-order chi connectivity index (χ1) is 14.8. The third-order valence-electron chi connectivity index (χ3n) is 5.51. The van der Waals surface area contributed by atoms with Crippen LogP contribution in [0, 0.1) is 6.92 Å². The molecule has 1 saturated heterocycles. The summed E-state index contributed by atoms with van der Waals surface area (Å²) in [5, 5.41) is 2.85. The molecule has 0 spiro atoms. The Morgan fingerprint density at radius 1 is 1.10 bits per heavy atom. The summed E-state index contributed by atoms with van der Waals surface area (Å²) in [6.07, 6.45) is 0. The number of nitrogens with zero attached hydrogens (tertiary/aromatic N) is 2. The van der Waals surface area contributed by atoms with E-state index in [1.165, 1.54) is 4.90 Å². The first kappa shape index (κ1) is 20.7. The molecule has 2 atom stereocenters. The van der Waals surface area contributed by atoms with Gasteiger partial charge in [-0.15, -0.1) is 0 Å². The number of ether oxygens (including phenoxy) is 2. The Kier molecular flexibility index (Phi) is 5.54. The Balaban J connectivity index is 1.42. The van der Waals surface area contributed by atoms with E-state index >= 15 is 0 Å². The van der Waals surface area contributed by atoms with Crippen LogP contribution in [-0.2, 0) is 9.59 Å². The molecule has 8 nitrogen and oxygen atoms in total. The van der Waals surface area contributed by atoms with Crippen molar-refractivity contribution in [3.05, 3.63) is 53.6 Å². The van der Waals surface area contributed by atoms with Gasteiger partial charge in [0.2, 0.25) is 5.91 Å². The van der Waals surface area contributed by atoms with Gasteiger partial charge in [-0.3, -0.25) is 19.4 Å². The third kappa shape index (κ3) is 4.05. The summed E-state index contributed by atoms with van der Waals surface area (Å²) in [6, 6.07) is 11.3. The van der Waals surface area contributed by atoms with Crippen molar-refractivity contribution in [1.29, 1.82) is 0 Å². The Labute approximate surface area is 180 Å². The number of anilines is 1. The molecule has 162 valence electrons. The summed E-state index contributed by atoms with van der Waals surface area (Å²) < 4.78 is 11.1. The van der Waals surface area contributed by atoms with Crippen LogP contribution in [0.15, 0.2) is 42.5 Å². The minimum absolute atomic E-state index is 0.332. The molecule has 2 aromatic carbocycles. The van der Waals surface area contributed by atoms with Gasteiger partial charge in [-0.25, -0.2) is 4.79 Å². The fourth-order valence-electron chi connectivity index (χ4n) is 3.75. The second-order valence-corrected chi connectivity index (χ2v) is 7.78. The maximum absolute atomic E-state index is 12.9. The van der Waals surface area contributed by atoms with Gasteiger partial charge in [0.05, 0.1) is 6.04 Å². The van der Waals surface area contributed by atoms with Crippen LogP contribution >= 0.6 is 0 Å². The fourth-order valence-corrected chi connectivity index (χ4v) is 3.75. The number of carbonyl (C=O) groups is 3. The molecule has 0 radical (unpaired) electrons. The Morgan fingerprint density at radius 3 is 2.48 bits per heavy atom. The molecule has 1 N–H and O–H groups in total. The Hall–Kier alpha value is -3.55. The number of fused-ring (bicyclic) bond motifs is 1. The molecule has 1 fully saturated rings. The van der Waals surface area contributed by atoms with Crippen molar-refractivity contribution in [3.63, 3.8) is 0 Å². The second kappa shape index (κ2) is 8.29. The maximum atomic E-state index is 12.9. The number of carbonyl (C=O) groups excluding carboxylic acids is 3. The lowest BCUT2D eigenvalue weighted by atomic mass is 10.1. The molecule has 0 aliphatic carbocycles. The van der Waals surface area contributed by atoms with Crippen molar-refractivity contribution in [1.82, 2.24) is 10.2 Å². The van der Waals surface area contributed by atoms with E-state index in [4.69, 9.17) is 9.47 Å².